The Morgan fingerprint density at radius 3 is 2.70 bits per heavy atom. The van der Waals surface area contributed by atoms with E-state index in [1.165, 1.54) is 29.2 Å². The highest BCUT2D eigenvalue weighted by Crippen LogP contribution is 2.34. The minimum absolute atomic E-state index is 0.318. The number of hydrogen-bond acceptors (Lipinski definition) is 6. The number of fused-ring (bicyclic) bond motifs is 1. The van der Waals surface area contributed by atoms with Crippen molar-refractivity contribution in [2.75, 3.05) is 37.5 Å². The SMILES string of the molecule is COc1ccc(F)cc1Nc1nc2cc(N3CCC(OC)CC3)ccc2s1. The zero-order chi connectivity index (χ0) is 18.8. The van der Waals surface area contributed by atoms with Gasteiger partial charge < -0.3 is 19.7 Å². The Balaban J connectivity index is 1.56. The summed E-state index contributed by atoms with van der Waals surface area (Å²) in [5.74, 6) is 0.263. The molecule has 7 heteroatoms. The molecule has 1 aromatic heterocycles. The van der Waals surface area contributed by atoms with E-state index in [-0.39, 0.29) is 5.82 Å². The van der Waals surface area contributed by atoms with Crippen LogP contribution in [-0.2, 0) is 4.74 Å². The van der Waals surface area contributed by atoms with Crippen LogP contribution in [-0.4, -0.2) is 38.4 Å². The molecule has 1 aliphatic heterocycles. The van der Waals surface area contributed by atoms with Gasteiger partial charge in [0.25, 0.3) is 0 Å². The van der Waals surface area contributed by atoms with Gasteiger partial charge in [0.1, 0.15) is 11.6 Å². The van der Waals surface area contributed by atoms with Crippen LogP contribution in [0.15, 0.2) is 36.4 Å². The van der Waals surface area contributed by atoms with E-state index in [1.54, 1.807) is 20.3 Å². The van der Waals surface area contributed by atoms with Crippen LogP contribution in [0, 0.1) is 5.82 Å². The van der Waals surface area contributed by atoms with Crippen molar-refractivity contribution < 1.29 is 13.9 Å². The number of methoxy groups -OCH3 is 2. The zero-order valence-electron chi connectivity index (χ0n) is 15.4. The summed E-state index contributed by atoms with van der Waals surface area (Å²) >= 11 is 1.54. The molecule has 0 amide bonds. The second-order valence-electron chi connectivity index (χ2n) is 6.56. The minimum Gasteiger partial charge on any atom is -0.495 e. The molecule has 0 atom stereocenters. The molecule has 0 spiro atoms. The standard InChI is InChI=1S/C20H22FN3O2S/c1-25-15-7-9-24(10-8-15)14-4-6-19-17(12-14)23-20(27-19)22-16-11-13(21)3-5-18(16)26-2/h3-6,11-12,15H,7-10H2,1-2H3,(H,22,23). The number of nitrogens with one attached hydrogen (secondary N) is 1. The van der Waals surface area contributed by atoms with Crippen molar-refractivity contribution in [2.24, 2.45) is 0 Å². The first-order valence-electron chi connectivity index (χ1n) is 8.95. The van der Waals surface area contributed by atoms with Crippen molar-refractivity contribution in [3.8, 4) is 5.75 Å². The van der Waals surface area contributed by atoms with Crippen molar-refractivity contribution in [1.82, 2.24) is 4.98 Å². The first-order valence-corrected chi connectivity index (χ1v) is 9.77. The lowest BCUT2D eigenvalue weighted by atomic mass is 10.1. The van der Waals surface area contributed by atoms with Gasteiger partial charge in [0.05, 0.1) is 29.1 Å². The molecular weight excluding hydrogens is 365 g/mol. The molecule has 1 aliphatic rings. The van der Waals surface area contributed by atoms with E-state index in [9.17, 15) is 4.39 Å². The third-order valence-electron chi connectivity index (χ3n) is 4.91. The molecule has 3 aromatic rings. The van der Waals surface area contributed by atoms with Gasteiger partial charge in [0.2, 0.25) is 0 Å². The van der Waals surface area contributed by atoms with Gasteiger partial charge in [-0.2, -0.15) is 0 Å². The highest BCUT2D eigenvalue weighted by Gasteiger charge is 2.19. The molecule has 0 radical (unpaired) electrons. The van der Waals surface area contributed by atoms with E-state index < -0.39 is 0 Å². The van der Waals surface area contributed by atoms with Crippen LogP contribution in [0.2, 0.25) is 0 Å². The summed E-state index contributed by atoms with van der Waals surface area (Å²) in [6.07, 6.45) is 2.44. The van der Waals surface area contributed by atoms with E-state index >= 15 is 0 Å². The predicted octanol–water partition coefficient (Wildman–Crippen LogP) is 4.80. The summed E-state index contributed by atoms with van der Waals surface area (Å²) in [5, 5.41) is 3.89. The second-order valence-corrected chi connectivity index (χ2v) is 7.59. The van der Waals surface area contributed by atoms with E-state index in [0.717, 1.165) is 36.1 Å². The fourth-order valence-electron chi connectivity index (χ4n) is 3.41. The molecule has 0 saturated carbocycles. The second kappa shape index (κ2) is 7.70. The van der Waals surface area contributed by atoms with Crippen molar-refractivity contribution in [1.29, 1.82) is 0 Å². The quantitative estimate of drug-likeness (QED) is 0.681. The van der Waals surface area contributed by atoms with Gasteiger partial charge in [-0.3, -0.25) is 0 Å². The van der Waals surface area contributed by atoms with Crippen LogP contribution in [0.25, 0.3) is 10.2 Å². The number of hydrogen-bond donors (Lipinski definition) is 1. The van der Waals surface area contributed by atoms with Gasteiger partial charge in [0, 0.05) is 32.0 Å². The number of anilines is 3. The largest absolute Gasteiger partial charge is 0.495 e. The van der Waals surface area contributed by atoms with Gasteiger partial charge in [-0.05, 0) is 43.2 Å². The number of ether oxygens (including phenoxy) is 2. The Hall–Kier alpha value is -2.38. The molecule has 5 nitrogen and oxygen atoms in total. The van der Waals surface area contributed by atoms with Gasteiger partial charge in [-0.25, -0.2) is 9.37 Å². The van der Waals surface area contributed by atoms with Gasteiger partial charge in [0.15, 0.2) is 5.13 Å². The number of rotatable bonds is 5. The minimum atomic E-state index is -0.318. The van der Waals surface area contributed by atoms with Crippen molar-refractivity contribution >= 4 is 38.1 Å². The molecule has 2 heterocycles. The van der Waals surface area contributed by atoms with Crippen LogP contribution in [0.5, 0.6) is 5.75 Å². The Kier molecular flexibility index (Phi) is 5.13. The Labute approximate surface area is 161 Å². The summed E-state index contributed by atoms with van der Waals surface area (Å²) < 4.78 is 25.4. The number of benzene rings is 2. The third kappa shape index (κ3) is 3.84. The molecule has 1 saturated heterocycles. The Bertz CT molecular complexity index is 938. The first-order chi connectivity index (χ1) is 13.2. The van der Waals surface area contributed by atoms with Crippen LogP contribution >= 0.6 is 11.3 Å². The van der Waals surface area contributed by atoms with E-state index in [1.807, 2.05) is 0 Å². The van der Waals surface area contributed by atoms with Crippen molar-refractivity contribution in [3.05, 3.63) is 42.2 Å². The van der Waals surface area contributed by atoms with Crippen LogP contribution in [0.3, 0.4) is 0 Å². The molecule has 0 bridgehead atoms. The number of halogens is 1. The van der Waals surface area contributed by atoms with Gasteiger partial charge in [-0.1, -0.05) is 11.3 Å². The highest BCUT2D eigenvalue weighted by molar-refractivity contribution is 7.22. The Morgan fingerprint density at radius 2 is 1.96 bits per heavy atom. The number of piperidine rings is 1. The molecule has 0 aliphatic carbocycles. The molecule has 1 N–H and O–H groups in total. The summed E-state index contributed by atoms with van der Waals surface area (Å²) in [5.41, 5.74) is 2.68. The average molecular weight is 387 g/mol. The number of aromatic nitrogens is 1. The topological polar surface area (TPSA) is 46.6 Å². The lowest BCUT2D eigenvalue weighted by Crippen LogP contribution is -2.36. The molecule has 142 valence electrons. The lowest BCUT2D eigenvalue weighted by Gasteiger charge is -2.32. The van der Waals surface area contributed by atoms with Crippen molar-refractivity contribution in [2.45, 2.75) is 18.9 Å². The summed E-state index contributed by atoms with van der Waals surface area (Å²) in [6, 6.07) is 10.7. The first kappa shape index (κ1) is 18.0. The van der Waals surface area contributed by atoms with Crippen LogP contribution in [0.1, 0.15) is 12.8 Å². The van der Waals surface area contributed by atoms with Crippen LogP contribution in [0.4, 0.5) is 20.9 Å². The van der Waals surface area contributed by atoms with E-state index in [2.05, 4.69) is 33.4 Å². The van der Waals surface area contributed by atoms with E-state index in [0.29, 0.717) is 22.7 Å². The Morgan fingerprint density at radius 1 is 1.15 bits per heavy atom. The van der Waals surface area contributed by atoms with Gasteiger partial charge in [-0.15, -0.1) is 0 Å². The molecule has 4 rings (SSSR count). The summed E-state index contributed by atoms with van der Waals surface area (Å²) in [4.78, 5) is 7.05. The summed E-state index contributed by atoms with van der Waals surface area (Å²) in [6.45, 7) is 1.97. The van der Waals surface area contributed by atoms with Crippen LogP contribution < -0.4 is 15.0 Å². The predicted molar refractivity (Wildman–Crippen MR) is 108 cm³/mol. The maximum atomic E-state index is 13.6. The third-order valence-corrected chi connectivity index (χ3v) is 5.87. The molecule has 0 unspecified atom stereocenters. The van der Waals surface area contributed by atoms with E-state index in [4.69, 9.17) is 9.47 Å². The normalized spacial score (nSPS) is 15.3. The number of nitrogens with zero attached hydrogens (tertiary/aromatic N) is 2. The fourth-order valence-corrected chi connectivity index (χ4v) is 4.27. The maximum Gasteiger partial charge on any atom is 0.188 e. The molecule has 1 fully saturated rings. The number of thiazole rings is 1. The average Bonchev–Trinajstić information content (AvgIpc) is 3.09. The maximum absolute atomic E-state index is 13.6. The molecule has 27 heavy (non-hydrogen) atoms. The molecular formula is C20H22FN3O2S. The monoisotopic (exact) mass is 387 g/mol. The smallest absolute Gasteiger partial charge is 0.188 e. The highest BCUT2D eigenvalue weighted by atomic mass is 32.1. The van der Waals surface area contributed by atoms with Gasteiger partial charge >= 0.3 is 0 Å². The van der Waals surface area contributed by atoms with Crippen molar-refractivity contribution in [3.63, 3.8) is 0 Å². The summed E-state index contributed by atoms with van der Waals surface area (Å²) in [7, 11) is 3.35. The molecule has 2 aromatic carbocycles. The lowest BCUT2D eigenvalue weighted by molar-refractivity contribution is 0.0819. The zero-order valence-corrected chi connectivity index (χ0v) is 16.2. The fraction of sp³-hybridized carbons (Fsp3) is 0.350.